The molecule has 1 amide bonds. The summed E-state index contributed by atoms with van der Waals surface area (Å²) in [5, 5.41) is 6.15. The van der Waals surface area contributed by atoms with Crippen molar-refractivity contribution < 1.29 is 4.79 Å². The van der Waals surface area contributed by atoms with E-state index >= 15 is 0 Å². The largest absolute Gasteiger partial charge is 0.355 e. The van der Waals surface area contributed by atoms with Gasteiger partial charge >= 0.3 is 0 Å². The second-order valence-electron chi connectivity index (χ2n) is 4.04. The minimum absolute atomic E-state index is 0.0894. The van der Waals surface area contributed by atoms with E-state index in [0.29, 0.717) is 18.5 Å². The molecule has 0 aromatic heterocycles. The predicted octanol–water partition coefficient (Wildman–Crippen LogP) is 1.54. The van der Waals surface area contributed by atoms with Gasteiger partial charge in [0.15, 0.2) is 0 Å². The fourth-order valence-electron chi connectivity index (χ4n) is 1.51. The van der Waals surface area contributed by atoms with Crippen molar-refractivity contribution in [2.75, 3.05) is 6.54 Å². The van der Waals surface area contributed by atoms with Crippen LogP contribution in [-0.2, 0) is 4.79 Å². The Bertz CT molecular complexity index is 169. The van der Waals surface area contributed by atoms with Crippen molar-refractivity contribution in [3.05, 3.63) is 0 Å². The van der Waals surface area contributed by atoms with E-state index in [0.717, 1.165) is 6.42 Å². The first kappa shape index (κ1) is 13.4. The standard InChI is InChI=1S/C11H24N2O/c1-6-10(8(3)4)13-9(5)11(14)12-7-2/h8-10,13H,6-7H2,1-5H3,(H,12,14). The first-order valence-corrected chi connectivity index (χ1v) is 5.56. The number of likely N-dealkylation sites (N-methyl/N-ethyl adjacent to an activating group) is 1. The maximum Gasteiger partial charge on any atom is 0.236 e. The van der Waals surface area contributed by atoms with Crippen LogP contribution in [0.4, 0.5) is 0 Å². The van der Waals surface area contributed by atoms with Crippen molar-refractivity contribution >= 4 is 5.91 Å². The SMILES string of the molecule is CCNC(=O)C(C)NC(CC)C(C)C. The molecule has 0 saturated carbocycles. The second kappa shape index (κ2) is 6.82. The van der Waals surface area contributed by atoms with Gasteiger partial charge in [-0.3, -0.25) is 4.79 Å². The van der Waals surface area contributed by atoms with Gasteiger partial charge in [-0.25, -0.2) is 0 Å². The number of hydrogen-bond acceptors (Lipinski definition) is 2. The van der Waals surface area contributed by atoms with Crippen molar-refractivity contribution in [3.8, 4) is 0 Å². The highest BCUT2D eigenvalue weighted by molar-refractivity contribution is 5.81. The molecule has 0 aromatic rings. The normalized spacial score (nSPS) is 15.3. The first-order chi connectivity index (χ1) is 6.52. The lowest BCUT2D eigenvalue weighted by molar-refractivity contribution is -0.122. The van der Waals surface area contributed by atoms with Gasteiger partial charge < -0.3 is 10.6 Å². The van der Waals surface area contributed by atoms with Crippen LogP contribution in [0.3, 0.4) is 0 Å². The summed E-state index contributed by atoms with van der Waals surface area (Å²) in [6, 6.07) is 0.329. The van der Waals surface area contributed by atoms with Crippen LogP contribution in [0.25, 0.3) is 0 Å². The molecule has 0 aromatic carbocycles. The average molecular weight is 200 g/mol. The van der Waals surface area contributed by atoms with E-state index in [-0.39, 0.29) is 11.9 Å². The molecule has 2 atom stereocenters. The van der Waals surface area contributed by atoms with Crippen LogP contribution in [0.5, 0.6) is 0 Å². The molecule has 0 aliphatic heterocycles. The molecule has 0 spiro atoms. The average Bonchev–Trinajstić information content (AvgIpc) is 2.13. The van der Waals surface area contributed by atoms with E-state index < -0.39 is 0 Å². The van der Waals surface area contributed by atoms with E-state index in [2.05, 4.69) is 31.4 Å². The molecule has 0 bridgehead atoms. The Labute approximate surface area is 87.6 Å². The van der Waals surface area contributed by atoms with Gasteiger partial charge in [0.2, 0.25) is 5.91 Å². The maximum absolute atomic E-state index is 11.4. The zero-order valence-electron chi connectivity index (χ0n) is 10.1. The van der Waals surface area contributed by atoms with Gasteiger partial charge in [-0.2, -0.15) is 0 Å². The molecule has 84 valence electrons. The second-order valence-corrected chi connectivity index (χ2v) is 4.04. The molecule has 0 fully saturated rings. The van der Waals surface area contributed by atoms with Crippen LogP contribution in [0.2, 0.25) is 0 Å². The highest BCUT2D eigenvalue weighted by Gasteiger charge is 2.17. The van der Waals surface area contributed by atoms with Gasteiger partial charge in [0.1, 0.15) is 0 Å². The number of amides is 1. The third kappa shape index (κ3) is 4.61. The van der Waals surface area contributed by atoms with Gasteiger partial charge in [-0.15, -0.1) is 0 Å². The summed E-state index contributed by atoms with van der Waals surface area (Å²) in [5.74, 6) is 0.656. The van der Waals surface area contributed by atoms with Gasteiger partial charge in [-0.1, -0.05) is 20.8 Å². The third-order valence-electron chi connectivity index (χ3n) is 2.45. The minimum atomic E-state index is -0.0951. The molecule has 2 N–H and O–H groups in total. The molecule has 3 heteroatoms. The molecular weight excluding hydrogens is 176 g/mol. The zero-order valence-corrected chi connectivity index (χ0v) is 10.1. The Kier molecular flexibility index (Phi) is 6.54. The molecule has 0 radical (unpaired) electrons. The third-order valence-corrected chi connectivity index (χ3v) is 2.45. The molecule has 3 nitrogen and oxygen atoms in total. The van der Waals surface area contributed by atoms with Crippen LogP contribution in [0.1, 0.15) is 41.0 Å². The number of carbonyl (C=O) groups excluding carboxylic acids is 1. The summed E-state index contributed by atoms with van der Waals surface area (Å²) < 4.78 is 0. The van der Waals surface area contributed by atoms with Crippen molar-refractivity contribution in [3.63, 3.8) is 0 Å². The van der Waals surface area contributed by atoms with E-state index in [1.54, 1.807) is 0 Å². The van der Waals surface area contributed by atoms with Crippen LogP contribution in [-0.4, -0.2) is 24.5 Å². The molecule has 0 aliphatic rings. The first-order valence-electron chi connectivity index (χ1n) is 5.56. The smallest absolute Gasteiger partial charge is 0.236 e. The highest BCUT2D eigenvalue weighted by Crippen LogP contribution is 2.06. The molecule has 14 heavy (non-hydrogen) atoms. The number of nitrogens with one attached hydrogen (secondary N) is 2. The van der Waals surface area contributed by atoms with Crippen molar-refractivity contribution in [2.24, 2.45) is 5.92 Å². The molecule has 0 saturated heterocycles. The highest BCUT2D eigenvalue weighted by atomic mass is 16.2. The van der Waals surface area contributed by atoms with Crippen LogP contribution in [0.15, 0.2) is 0 Å². The Hall–Kier alpha value is -0.570. The van der Waals surface area contributed by atoms with E-state index in [1.165, 1.54) is 0 Å². The van der Waals surface area contributed by atoms with Gasteiger partial charge in [0, 0.05) is 12.6 Å². The van der Waals surface area contributed by atoms with Gasteiger partial charge in [0.25, 0.3) is 0 Å². The van der Waals surface area contributed by atoms with Crippen LogP contribution < -0.4 is 10.6 Å². The fraction of sp³-hybridized carbons (Fsp3) is 0.909. The summed E-state index contributed by atoms with van der Waals surface area (Å²) in [6.07, 6.45) is 1.06. The quantitative estimate of drug-likeness (QED) is 0.683. The molecular formula is C11H24N2O. The molecule has 0 rings (SSSR count). The van der Waals surface area contributed by atoms with Crippen molar-refractivity contribution in [1.29, 1.82) is 0 Å². The lowest BCUT2D eigenvalue weighted by Crippen LogP contribution is -2.48. The number of rotatable bonds is 6. The van der Waals surface area contributed by atoms with Crippen LogP contribution >= 0.6 is 0 Å². The Morgan fingerprint density at radius 3 is 2.14 bits per heavy atom. The summed E-state index contributed by atoms with van der Waals surface area (Å²) in [5.41, 5.74) is 0. The minimum Gasteiger partial charge on any atom is -0.355 e. The predicted molar refractivity (Wildman–Crippen MR) is 60.2 cm³/mol. The molecule has 2 unspecified atom stereocenters. The van der Waals surface area contributed by atoms with Crippen LogP contribution in [0, 0.1) is 5.92 Å². The Morgan fingerprint density at radius 2 is 1.79 bits per heavy atom. The lowest BCUT2D eigenvalue weighted by atomic mass is 10.0. The molecule has 0 aliphatic carbocycles. The van der Waals surface area contributed by atoms with Crippen molar-refractivity contribution in [1.82, 2.24) is 10.6 Å². The Morgan fingerprint density at radius 1 is 1.21 bits per heavy atom. The number of carbonyl (C=O) groups is 1. The number of hydrogen-bond donors (Lipinski definition) is 2. The fourth-order valence-corrected chi connectivity index (χ4v) is 1.51. The summed E-state index contributed by atoms with van der Waals surface area (Å²) in [4.78, 5) is 11.4. The van der Waals surface area contributed by atoms with Gasteiger partial charge in [0.05, 0.1) is 6.04 Å². The summed E-state index contributed by atoms with van der Waals surface area (Å²) in [7, 11) is 0. The topological polar surface area (TPSA) is 41.1 Å². The zero-order chi connectivity index (χ0) is 11.1. The monoisotopic (exact) mass is 200 g/mol. The molecule has 0 heterocycles. The van der Waals surface area contributed by atoms with E-state index in [4.69, 9.17) is 0 Å². The van der Waals surface area contributed by atoms with Gasteiger partial charge in [-0.05, 0) is 26.2 Å². The maximum atomic E-state index is 11.4. The lowest BCUT2D eigenvalue weighted by Gasteiger charge is -2.24. The summed E-state index contributed by atoms with van der Waals surface area (Å²) >= 11 is 0. The Balaban J connectivity index is 4.01. The van der Waals surface area contributed by atoms with E-state index in [9.17, 15) is 4.79 Å². The van der Waals surface area contributed by atoms with Crippen molar-refractivity contribution in [2.45, 2.75) is 53.1 Å². The summed E-state index contributed by atoms with van der Waals surface area (Å²) in [6.45, 7) is 11.0. The van der Waals surface area contributed by atoms with E-state index in [1.807, 2.05) is 13.8 Å².